The molecule has 0 saturated carbocycles. The third-order valence-electron chi connectivity index (χ3n) is 6.07. The van der Waals surface area contributed by atoms with E-state index >= 15 is 0 Å². The molecule has 0 radical (unpaired) electrons. The van der Waals surface area contributed by atoms with Gasteiger partial charge in [0.05, 0.1) is 36.1 Å². The maximum absolute atomic E-state index is 12.9. The van der Waals surface area contributed by atoms with Crippen molar-refractivity contribution in [1.82, 2.24) is 20.3 Å². The zero-order valence-electron chi connectivity index (χ0n) is 22.0. The van der Waals surface area contributed by atoms with E-state index in [2.05, 4.69) is 10.6 Å². The van der Waals surface area contributed by atoms with Crippen LogP contribution < -0.4 is 10.6 Å². The van der Waals surface area contributed by atoms with Gasteiger partial charge in [0.25, 0.3) is 11.9 Å². The van der Waals surface area contributed by atoms with Gasteiger partial charge in [0, 0.05) is 18.1 Å². The van der Waals surface area contributed by atoms with Crippen LogP contribution in [0, 0.1) is 11.8 Å². The van der Waals surface area contributed by atoms with E-state index in [1.165, 1.54) is 19.2 Å². The lowest BCUT2D eigenvalue weighted by atomic mass is 9.66. The molecule has 2 amide bonds. The first-order valence-electron chi connectivity index (χ1n) is 12.0. The molecule has 0 aliphatic carbocycles. The molecule has 0 spiro atoms. The van der Waals surface area contributed by atoms with Gasteiger partial charge in [0.15, 0.2) is 0 Å². The Bertz CT molecular complexity index is 998. The molecule has 1 aromatic rings. The highest BCUT2D eigenvalue weighted by Crippen LogP contribution is 2.21. The van der Waals surface area contributed by atoms with Crippen molar-refractivity contribution in [3.8, 4) is 0 Å². The van der Waals surface area contributed by atoms with Crippen LogP contribution in [0.15, 0.2) is 18.2 Å². The number of benzene rings is 1. The summed E-state index contributed by atoms with van der Waals surface area (Å²) in [5, 5.41) is 5.95. The van der Waals surface area contributed by atoms with Gasteiger partial charge in [-0.1, -0.05) is 44.0 Å². The number of methoxy groups -OCH3 is 1. The number of halogens is 2. The Hall–Kier alpha value is -2.34. The Kier molecular flexibility index (Phi) is 11.7. The van der Waals surface area contributed by atoms with Gasteiger partial charge in [-0.2, -0.15) is 0 Å². The average Bonchev–Trinajstić information content (AvgIpc) is 2.87. The van der Waals surface area contributed by atoms with Crippen LogP contribution in [0.2, 0.25) is 10.0 Å². The smallest absolute Gasteiger partial charge is 0.475 e. The molecule has 1 heterocycles. The minimum absolute atomic E-state index is 0.113. The zero-order valence-corrected chi connectivity index (χ0v) is 23.6. The lowest BCUT2D eigenvalue weighted by Gasteiger charge is -2.35. The molecule has 1 saturated heterocycles. The number of esters is 1. The van der Waals surface area contributed by atoms with Crippen molar-refractivity contribution in [3.05, 3.63) is 33.8 Å². The SMILES string of the molecule is COC(=O)[C@H]1CN(C)C[C@H](C)C(=O)OB([C@H](CC(C)C)NC(=O)CNC(=O)c2cc(Cl)ccc2Cl)N1C. The average molecular weight is 557 g/mol. The van der Waals surface area contributed by atoms with Gasteiger partial charge in [0.2, 0.25) is 5.91 Å². The molecule has 37 heavy (non-hydrogen) atoms. The number of carbonyl (C=O) groups is 4. The van der Waals surface area contributed by atoms with Crippen LogP contribution >= 0.6 is 23.2 Å². The first-order chi connectivity index (χ1) is 17.3. The van der Waals surface area contributed by atoms with Crippen LogP contribution in [-0.4, -0.2) is 93.3 Å². The molecule has 0 bridgehead atoms. The van der Waals surface area contributed by atoms with Gasteiger partial charge >= 0.3 is 13.0 Å². The lowest BCUT2D eigenvalue weighted by Crippen LogP contribution is -2.62. The Morgan fingerprint density at radius 1 is 1.22 bits per heavy atom. The Labute approximate surface area is 228 Å². The van der Waals surface area contributed by atoms with Gasteiger partial charge in [-0.15, -0.1) is 0 Å². The fourth-order valence-electron chi connectivity index (χ4n) is 4.22. The quantitative estimate of drug-likeness (QED) is 0.368. The Balaban J connectivity index is 2.25. The van der Waals surface area contributed by atoms with Crippen LogP contribution in [0.3, 0.4) is 0 Å². The predicted molar refractivity (Wildman–Crippen MR) is 142 cm³/mol. The summed E-state index contributed by atoms with van der Waals surface area (Å²) in [4.78, 5) is 54.5. The fourth-order valence-corrected chi connectivity index (χ4v) is 4.59. The summed E-state index contributed by atoms with van der Waals surface area (Å²) in [7, 11) is 3.83. The summed E-state index contributed by atoms with van der Waals surface area (Å²) in [5.74, 6) is -2.99. The number of ether oxygens (including phenoxy) is 1. The van der Waals surface area contributed by atoms with E-state index in [0.29, 0.717) is 24.5 Å². The minimum atomic E-state index is -0.949. The van der Waals surface area contributed by atoms with Crippen molar-refractivity contribution in [2.45, 2.75) is 39.2 Å². The number of amides is 2. The number of hydrogen-bond acceptors (Lipinski definition) is 8. The van der Waals surface area contributed by atoms with Crippen molar-refractivity contribution in [1.29, 1.82) is 0 Å². The van der Waals surface area contributed by atoms with E-state index in [4.69, 9.17) is 32.6 Å². The summed E-state index contributed by atoms with van der Waals surface area (Å²) in [6, 6.07) is 3.72. The Morgan fingerprint density at radius 2 is 1.89 bits per heavy atom. The number of nitrogens with one attached hydrogen (secondary N) is 2. The van der Waals surface area contributed by atoms with Gasteiger partial charge in [-0.05, 0) is 44.6 Å². The highest BCUT2D eigenvalue weighted by molar-refractivity contribution is 6.53. The van der Waals surface area contributed by atoms with Crippen LogP contribution in [0.1, 0.15) is 37.6 Å². The van der Waals surface area contributed by atoms with E-state index < -0.39 is 48.7 Å². The summed E-state index contributed by atoms with van der Waals surface area (Å²) < 4.78 is 10.9. The molecule has 13 heteroatoms. The van der Waals surface area contributed by atoms with Crippen LogP contribution in [-0.2, 0) is 23.8 Å². The first kappa shape index (κ1) is 30.9. The monoisotopic (exact) mass is 556 g/mol. The predicted octanol–water partition coefficient (Wildman–Crippen LogP) is 1.88. The zero-order chi connectivity index (χ0) is 27.9. The molecule has 2 rings (SSSR count). The number of likely N-dealkylation sites (N-methyl/N-ethyl adjacent to an activating group) is 2. The minimum Gasteiger partial charge on any atom is -0.518 e. The summed E-state index contributed by atoms with van der Waals surface area (Å²) in [5.41, 5.74) is 0.143. The highest BCUT2D eigenvalue weighted by atomic mass is 35.5. The van der Waals surface area contributed by atoms with E-state index in [9.17, 15) is 19.2 Å². The van der Waals surface area contributed by atoms with E-state index in [-0.39, 0.29) is 23.0 Å². The van der Waals surface area contributed by atoms with Gasteiger partial charge in [-0.25, -0.2) is 0 Å². The molecule has 2 N–H and O–H groups in total. The second kappa shape index (κ2) is 14.0. The number of carbonyl (C=O) groups excluding carboxylic acids is 4. The molecule has 0 aromatic heterocycles. The fraction of sp³-hybridized carbons (Fsp3) is 0.583. The summed E-state index contributed by atoms with van der Waals surface area (Å²) >= 11 is 12.0. The molecule has 1 aliphatic rings. The number of hydrogen-bond donors (Lipinski definition) is 2. The van der Waals surface area contributed by atoms with E-state index in [0.717, 1.165) is 0 Å². The number of nitrogens with zero attached hydrogens (tertiary/aromatic N) is 2. The molecule has 10 nitrogen and oxygen atoms in total. The summed E-state index contributed by atoms with van der Waals surface area (Å²) in [6.07, 6.45) is 0.445. The molecule has 3 atom stereocenters. The highest BCUT2D eigenvalue weighted by Gasteiger charge is 2.44. The van der Waals surface area contributed by atoms with Gasteiger partial charge < -0.3 is 24.9 Å². The van der Waals surface area contributed by atoms with Crippen molar-refractivity contribution in [3.63, 3.8) is 0 Å². The third kappa shape index (κ3) is 8.88. The van der Waals surface area contributed by atoms with Crippen LogP contribution in [0.25, 0.3) is 0 Å². The van der Waals surface area contributed by atoms with Gasteiger partial charge in [0.1, 0.15) is 6.04 Å². The van der Waals surface area contributed by atoms with Crippen molar-refractivity contribution < 1.29 is 28.6 Å². The molecule has 1 aromatic carbocycles. The molecule has 204 valence electrons. The molecule has 1 fully saturated rings. The molecular formula is C24H35BCl2N4O6. The van der Waals surface area contributed by atoms with Crippen LogP contribution in [0.4, 0.5) is 0 Å². The lowest BCUT2D eigenvalue weighted by molar-refractivity contribution is -0.146. The normalized spacial score (nSPS) is 20.4. The largest absolute Gasteiger partial charge is 0.518 e. The molecule has 1 aliphatic heterocycles. The summed E-state index contributed by atoms with van der Waals surface area (Å²) in [6.45, 7) is 6.03. The van der Waals surface area contributed by atoms with Crippen molar-refractivity contribution in [2.75, 3.05) is 40.8 Å². The van der Waals surface area contributed by atoms with E-state index in [1.807, 2.05) is 25.8 Å². The topological polar surface area (TPSA) is 117 Å². The van der Waals surface area contributed by atoms with Gasteiger partial charge in [-0.3, -0.25) is 24.0 Å². The third-order valence-corrected chi connectivity index (χ3v) is 6.64. The number of rotatable bonds is 8. The standard InChI is InChI=1S/C24H35BCl2N4O6/c1-14(2)9-20(29-21(32)11-28-22(33)17-10-16(26)7-8-18(17)27)25-31(5)19(24(35)36-6)13-30(4)12-15(3)23(34)37-25/h7-8,10,14-15,19-20H,9,11-13H2,1-6H3,(H,28,33)(H,29,32)/t15-,19+,20-/m0/s1. The maximum atomic E-state index is 12.9. The van der Waals surface area contributed by atoms with E-state index in [1.54, 1.807) is 24.8 Å². The molecule has 0 unspecified atom stereocenters. The van der Waals surface area contributed by atoms with Crippen molar-refractivity contribution >= 4 is 54.0 Å². The molecular weight excluding hydrogens is 522 g/mol. The Morgan fingerprint density at radius 3 is 2.51 bits per heavy atom. The van der Waals surface area contributed by atoms with Crippen molar-refractivity contribution in [2.24, 2.45) is 11.8 Å². The maximum Gasteiger partial charge on any atom is 0.475 e. The first-order valence-corrected chi connectivity index (χ1v) is 12.8. The second-order valence-corrected chi connectivity index (χ2v) is 10.6. The van der Waals surface area contributed by atoms with Crippen LogP contribution in [0.5, 0.6) is 0 Å². The second-order valence-electron chi connectivity index (χ2n) is 9.76.